The van der Waals surface area contributed by atoms with Gasteiger partial charge in [-0.05, 0) is 108 Å². The van der Waals surface area contributed by atoms with E-state index in [1.54, 1.807) is 53.1 Å². The Balaban J connectivity index is 1.50. The van der Waals surface area contributed by atoms with Crippen LogP contribution < -0.4 is 15.0 Å². The lowest BCUT2D eigenvalue weighted by molar-refractivity contribution is -0.132. The molecule has 1 saturated carbocycles. The van der Waals surface area contributed by atoms with Crippen LogP contribution in [0, 0.1) is 19.7 Å². The highest BCUT2D eigenvalue weighted by Gasteiger charge is 2.36. The number of pyridine rings is 1. The molecule has 2 aliphatic rings. The molecule has 5 rings (SSSR count). The topological polar surface area (TPSA) is 81.0 Å². The number of amides is 1. The van der Waals surface area contributed by atoms with Crippen molar-refractivity contribution in [3.05, 3.63) is 75.5 Å². The van der Waals surface area contributed by atoms with Crippen molar-refractivity contribution in [3.8, 4) is 28.4 Å². The van der Waals surface area contributed by atoms with Gasteiger partial charge < -0.3 is 24.0 Å². The molecule has 224 valence electrons. The van der Waals surface area contributed by atoms with Gasteiger partial charge in [-0.2, -0.15) is 0 Å². The Morgan fingerprint density at radius 3 is 2.19 bits per heavy atom. The monoisotopic (exact) mass is 576 g/mol. The molecule has 1 amide bonds. The minimum absolute atomic E-state index is 0.108. The summed E-state index contributed by atoms with van der Waals surface area (Å²) in [5.74, 6) is 1.39. The molecule has 1 aromatic heterocycles. The molecular formula is C34H41FN2O5. The fourth-order valence-corrected chi connectivity index (χ4v) is 6.32. The van der Waals surface area contributed by atoms with E-state index in [2.05, 4.69) is 11.8 Å². The maximum Gasteiger partial charge on any atom is 0.254 e. The molecule has 2 aromatic carbocycles. The first-order valence-corrected chi connectivity index (χ1v) is 14.8. The zero-order valence-corrected chi connectivity index (χ0v) is 25.4. The number of likely N-dealkylation sites (tertiary alicyclic amines) is 1. The number of aromatic nitrogens is 1. The van der Waals surface area contributed by atoms with Crippen LogP contribution in [0.2, 0.25) is 0 Å². The van der Waals surface area contributed by atoms with Gasteiger partial charge in [-0.1, -0.05) is 6.07 Å². The van der Waals surface area contributed by atoms with Crippen molar-refractivity contribution < 1.29 is 23.8 Å². The lowest BCUT2D eigenvalue weighted by atomic mass is 9.91. The van der Waals surface area contributed by atoms with Crippen molar-refractivity contribution in [1.82, 2.24) is 9.47 Å². The first-order valence-electron chi connectivity index (χ1n) is 14.8. The average molecular weight is 577 g/mol. The predicted octanol–water partition coefficient (Wildman–Crippen LogP) is 6.53. The third kappa shape index (κ3) is 6.09. The molecule has 1 aliphatic heterocycles. The lowest BCUT2D eigenvalue weighted by Gasteiger charge is -2.37. The van der Waals surface area contributed by atoms with Crippen molar-refractivity contribution in [2.75, 3.05) is 0 Å². The highest BCUT2D eigenvalue weighted by atomic mass is 19.1. The van der Waals surface area contributed by atoms with Crippen LogP contribution in [0.15, 0.2) is 47.4 Å². The number of halogens is 1. The molecule has 1 unspecified atom stereocenters. The van der Waals surface area contributed by atoms with Crippen molar-refractivity contribution in [1.29, 1.82) is 0 Å². The fraction of sp³-hybridized carbons (Fsp3) is 0.471. The Hall–Kier alpha value is -3.65. The van der Waals surface area contributed by atoms with E-state index < -0.39 is 5.60 Å². The maximum atomic E-state index is 14.0. The number of aliphatic hydroxyl groups is 1. The van der Waals surface area contributed by atoms with E-state index in [1.807, 2.05) is 6.07 Å². The molecule has 0 radical (unpaired) electrons. The van der Waals surface area contributed by atoms with Crippen LogP contribution >= 0.6 is 0 Å². The fourth-order valence-electron chi connectivity index (χ4n) is 6.32. The lowest BCUT2D eigenvalue weighted by Crippen LogP contribution is -2.44. The average Bonchev–Trinajstić information content (AvgIpc) is 3.25. The van der Waals surface area contributed by atoms with Crippen LogP contribution in [0.1, 0.15) is 76.0 Å². The third-order valence-corrected chi connectivity index (χ3v) is 8.67. The molecule has 0 bridgehead atoms. The number of rotatable bonds is 7. The van der Waals surface area contributed by atoms with Gasteiger partial charge in [0.15, 0.2) is 0 Å². The highest BCUT2D eigenvalue weighted by Crippen LogP contribution is 2.42. The number of carbonyl (C=O) groups is 1. The van der Waals surface area contributed by atoms with Crippen molar-refractivity contribution >= 4 is 5.91 Å². The Bertz CT molecular complexity index is 1530. The van der Waals surface area contributed by atoms with Gasteiger partial charge in [0.25, 0.3) is 5.56 Å². The van der Waals surface area contributed by atoms with Gasteiger partial charge in [0.1, 0.15) is 23.1 Å². The normalized spacial score (nSPS) is 21.1. The number of ether oxygens (including phenoxy) is 2. The van der Waals surface area contributed by atoms with Gasteiger partial charge in [0.2, 0.25) is 5.91 Å². The summed E-state index contributed by atoms with van der Waals surface area (Å²) in [6.07, 6.45) is 6.42. The van der Waals surface area contributed by atoms with E-state index >= 15 is 0 Å². The molecule has 8 heteroatoms. The second kappa shape index (κ2) is 11.6. The summed E-state index contributed by atoms with van der Waals surface area (Å²) in [5, 5.41) is 10.8. The zero-order chi connectivity index (χ0) is 30.3. The molecule has 7 nitrogen and oxygen atoms in total. The molecule has 42 heavy (non-hydrogen) atoms. The summed E-state index contributed by atoms with van der Waals surface area (Å²) in [4.78, 5) is 27.3. The van der Waals surface area contributed by atoms with Crippen molar-refractivity contribution in [3.63, 3.8) is 0 Å². The summed E-state index contributed by atoms with van der Waals surface area (Å²) in [7, 11) is 1.68. The van der Waals surface area contributed by atoms with E-state index in [4.69, 9.17) is 9.47 Å². The second-order valence-electron chi connectivity index (χ2n) is 12.5. The molecule has 2 heterocycles. The second-order valence-corrected chi connectivity index (χ2v) is 12.5. The zero-order valence-electron chi connectivity index (χ0n) is 25.4. The van der Waals surface area contributed by atoms with Gasteiger partial charge in [-0.25, -0.2) is 4.39 Å². The quantitative estimate of drug-likeness (QED) is 0.346. The number of hydrogen-bond acceptors (Lipinski definition) is 5. The van der Waals surface area contributed by atoms with Crippen LogP contribution in [-0.2, 0) is 17.4 Å². The number of hydrogen-bond donors (Lipinski definition) is 1. The Labute approximate surface area is 246 Å². The summed E-state index contributed by atoms with van der Waals surface area (Å²) < 4.78 is 28.5. The van der Waals surface area contributed by atoms with Gasteiger partial charge in [0, 0.05) is 48.9 Å². The van der Waals surface area contributed by atoms with Gasteiger partial charge >= 0.3 is 0 Å². The molecule has 1 aliphatic carbocycles. The molecule has 1 N–H and O–H groups in total. The van der Waals surface area contributed by atoms with Crippen molar-refractivity contribution in [2.45, 2.75) is 96.9 Å². The van der Waals surface area contributed by atoms with Crippen LogP contribution in [0.3, 0.4) is 0 Å². The van der Waals surface area contributed by atoms with E-state index in [0.717, 1.165) is 32.1 Å². The Morgan fingerprint density at radius 2 is 1.60 bits per heavy atom. The number of aryl methyl sites for hydroxylation is 3. The minimum atomic E-state index is -1.13. The van der Waals surface area contributed by atoms with E-state index in [1.165, 1.54) is 22.8 Å². The van der Waals surface area contributed by atoms with Gasteiger partial charge in [0.05, 0.1) is 11.7 Å². The molecular weight excluding hydrogens is 535 g/mol. The summed E-state index contributed by atoms with van der Waals surface area (Å²) in [5.41, 5.74) is 1.95. The van der Waals surface area contributed by atoms with Crippen LogP contribution in [0.4, 0.5) is 4.39 Å². The number of benzene rings is 2. The summed E-state index contributed by atoms with van der Waals surface area (Å²) in [6.45, 7) is 9.14. The molecule has 1 atom stereocenters. The maximum absolute atomic E-state index is 14.0. The van der Waals surface area contributed by atoms with Gasteiger partial charge in [-0.3, -0.25) is 9.59 Å². The first kappa shape index (κ1) is 29.8. The molecule has 1 saturated heterocycles. The Morgan fingerprint density at radius 1 is 0.929 bits per heavy atom. The summed E-state index contributed by atoms with van der Waals surface area (Å²) in [6, 6.07) is 10.3. The summed E-state index contributed by atoms with van der Waals surface area (Å²) >= 11 is 0. The van der Waals surface area contributed by atoms with E-state index in [0.29, 0.717) is 51.5 Å². The SMILES string of the molecule is Cc1cc(F)cc(C)c1Oc1ccc(C(C)(C)O)cc1-c1cn(C)c(=O)cc1O[C@H]1CC[C@H](N2C(=O)CCC2C)CC1. The highest BCUT2D eigenvalue weighted by molar-refractivity contribution is 5.79. The standard InChI is InChI=1S/C34H41FN2O5/c1-20-15-24(35)16-21(2)33(20)42-29-13-8-23(34(4,5)40)17-27(29)28-19-36(6)32(39)18-30(28)41-26-11-9-25(10-12-26)37-22(3)7-14-31(37)38/h8,13,15-19,22,25-26,40H,7,9-12,14H2,1-6H3/t22?,25-,26-. The van der Waals surface area contributed by atoms with Crippen LogP contribution in [-0.4, -0.2) is 38.7 Å². The van der Waals surface area contributed by atoms with E-state index in [-0.39, 0.29) is 35.5 Å². The minimum Gasteiger partial charge on any atom is -0.490 e. The smallest absolute Gasteiger partial charge is 0.254 e. The first-order chi connectivity index (χ1) is 19.8. The molecule has 2 fully saturated rings. The number of carbonyl (C=O) groups excluding carboxylic acids is 1. The van der Waals surface area contributed by atoms with Crippen LogP contribution in [0.25, 0.3) is 11.1 Å². The largest absolute Gasteiger partial charge is 0.490 e. The molecule has 0 spiro atoms. The number of nitrogens with zero attached hydrogens (tertiary/aromatic N) is 2. The van der Waals surface area contributed by atoms with Crippen molar-refractivity contribution in [2.24, 2.45) is 7.05 Å². The van der Waals surface area contributed by atoms with E-state index in [9.17, 15) is 19.1 Å². The molecule has 3 aromatic rings. The van der Waals surface area contributed by atoms with Crippen LogP contribution in [0.5, 0.6) is 17.2 Å². The third-order valence-electron chi connectivity index (χ3n) is 8.67. The Kier molecular flexibility index (Phi) is 8.21. The predicted molar refractivity (Wildman–Crippen MR) is 161 cm³/mol. The van der Waals surface area contributed by atoms with Gasteiger partial charge in [-0.15, -0.1) is 0 Å².